The molecule has 6 heteroatoms. The number of alkyl carbamates (subject to hydrolysis) is 1. The molecule has 0 saturated carbocycles. The molecule has 0 aromatic carbocycles. The van der Waals surface area contributed by atoms with Gasteiger partial charge in [-0.05, 0) is 26.8 Å². The largest absolute Gasteiger partial charge is 0.444 e. The third-order valence-corrected chi connectivity index (χ3v) is 1.79. The zero-order valence-electron chi connectivity index (χ0n) is 9.78. The lowest BCUT2D eigenvalue weighted by atomic mass is 10.2. The molecule has 6 nitrogen and oxygen atoms in total. The highest BCUT2D eigenvalue weighted by Crippen LogP contribution is 2.07. The van der Waals surface area contributed by atoms with Gasteiger partial charge in [-0.25, -0.2) is 4.79 Å². The van der Waals surface area contributed by atoms with Crippen molar-refractivity contribution >= 4 is 6.09 Å². The fourth-order valence-electron chi connectivity index (χ4n) is 1.09. The van der Waals surface area contributed by atoms with E-state index in [1.165, 1.54) is 0 Å². The first-order chi connectivity index (χ1) is 7.38. The molecular formula is C10H18N4O2. The lowest BCUT2D eigenvalue weighted by Gasteiger charge is -2.20. The van der Waals surface area contributed by atoms with Gasteiger partial charge in [-0.15, -0.1) is 0 Å². The van der Waals surface area contributed by atoms with E-state index in [0.29, 0.717) is 6.54 Å². The molecule has 0 fully saturated rings. The van der Waals surface area contributed by atoms with Gasteiger partial charge in [0.15, 0.2) is 0 Å². The number of rotatable bonds is 3. The Balaban J connectivity index is 2.32. The van der Waals surface area contributed by atoms with Crippen LogP contribution < -0.4 is 11.1 Å². The minimum Gasteiger partial charge on any atom is -0.444 e. The lowest BCUT2D eigenvalue weighted by Crippen LogP contribution is -2.36. The molecule has 16 heavy (non-hydrogen) atoms. The predicted octanol–water partition coefficient (Wildman–Crippen LogP) is 0.934. The van der Waals surface area contributed by atoms with Crippen molar-refractivity contribution in [2.75, 3.05) is 6.54 Å². The highest BCUT2D eigenvalue weighted by molar-refractivity contribution is 5.67. The number of nitrogens with two attached hydrogens (primary N) is 1. The maximum Gasteiger partial charge on any atom is 0.407 e. The molecule has 1 atom stereocenters. The molecule has 4 N–H and O–H groups in total. The van der Waals surface area contributed by atoms with Gasteiger partial charge in [0.25, 0.3) is 0 Å². The van der Waals surface area contributed by atoms with Crippen molar-refractivity contribution in [3.8, 4) is 0 Å². The Morgan fingerprint density at radius 2 is 2.38 bits per heavy atom. The SMILES string of the molecule is CC(C)(C)OC(=O)NCC(N)c1ccn[nH]1. The maximum absolute atomic E-state index is 11.3. The van der Waals surface area contributed by atoms with Crippen LogP contribution in [0.5, 0.6) is 0 Å². The summed E-state index contributed by atoms with van der Waals surface area (Å²) in [7, 11) is 0. The van der Waals surface area contributed by atoms with Crippen molar-refractivity contribution in [1.82, 2.24) is 15.5 Å². The molecule has 0 saturated heterocycles. The van der Waals surface area contributed by atoms with Gasteiger partial charge in [-0.1, -0.05) is 0 Å². The van der Waals surface area contributed by atoms with E-state index in [0.717, 1.165) is 5.69 Å². The molecule has 0 radical (unpaired) electrons. The fraction of sp³-hybridized carbons (Fsp3) is 0.600. The van der Waals surface area contributed by atoms with Crippen molar-refractivity contribution < 1.29 is 9.53 Å². The minimum absolute atomic E-state index is 0.303. The number of nitrogens with zero attached hydrogens (tertiary/aromatic N) is 1. The van der Waals surface area contributed by atoms with E-state index in [9.17, 15) is 4.79 Å². The van der Waals surface area contributed by atoms with Gasteiger partial charge >= 0.3 is 6.09 Å². The Morgan fingerprint density at radius 1 is 1.69 bits per heavy atom. The standard InChI is InChI=1S/C10H18N4O2/c1-10(2,3)16-9(15)12-6-7(11)8-4-5-13-14-8/h4-5,7H,6,11H2,1-3H3,(H,12,15)(H,13,14). The Bertz CT molecular complexity index is 329. The number of ether oxygens (including phenoxy) is 1. The van der Waals surface area contributed by atoms with Crippen LogP contribution in [0.4, 0.5) is 4.79 Å². The van der Waals surface area contributed by atoms with E-state index >= 15 is 0 Å². The van der Waals surface area contributed by atoms with E-state index in [4.69, 9.17) is 10.5 Å². The highest BCUT2D eigenvalue weighted by Gasteiger charge is 2.17. The van der Waals surface area contributed by atoms with Crippen molar-refractivity contribution in [2.45, 2.75) is 32.4 Å². The van der Waals surface area contributed by atoms with Gasteiger partial charge in [0.2, 0.25) is 0 Å². The quantitative estimate of drug-likeness (QED) is 0.715. The minimum atomic E-state index is -0.498. The first kappa shape index (κ1) is 12.5. The van der Waals surface area contributed by atoms with E-state index < -0.39 is 11.7 Å². The Kier molecular flexibility index (Phi) is 3.89. The summed E-state index contributed by atoms with van der Waals surface area (Å²) in [5, 5.41) is 9.12. The van der Waals surface area contributed by atoms with Crippen LogP contribution in [0.3, 0.4) is 0 Å². The third-order valence-electron chi connectivity index (χ3n) is 1.79. The van der Waals surface area contributed by atoms with Crippen molar-refractivity contribution in [1.29, 1.82) is 0 Å². The normalized spacial score (nSPS) is 13.2. The van der Waals surface area contributed by atoms with Crippen LogP contribution in [-0.4, -0.2) is 28.4 Å². The average Bonchev–Trinajstić information content (AvgIpc) is 2.64. The number of aromatic nitrogens is 2. The number of hydrogen-bond acceptors (Lipinski definition) is 4. The topological polar surface area (TPSA) is 93.0 Å². The first-order valence-corrected chi connectivity index (χ1v) is 5.10. The van der Waals surface area contributed by atoms with Gasteiger partial charge in [0, 0.05) is 12.7 Å². The van der Waals surface area contributed by atoms with Crippen molar-refractivity contribution in [3.05, 3.63) is 18.0 Å². The van der Waals surface area contributed by atoms with E-state index in [2.05, 4.69) is 15.5 Å². The summed E-state index contributed by atoms with van der Waals surface area (Å²) < 4.78 is 5.07. The number of aromatic amines is 1. The molecule has 1 unspecified atom stereocenters. The molecule has 90 valence electrons. The van der Waals surface area contributed by atoms with Crippen LogP contribution in [0.25, 0.3) is 0 Å². The number of H-pyrrole nitrogens is 1. The Labute approximate surface area is 94.5 Å². The maximum atomic E-state index is 11.3. The second-order valence-electron chi connectivity index (χ2n) is 4.50. The molecule has 1 aromatic heterocycles. The van der Waals surface area contributed by atoms with Crippen LogP contribution in [0, 0.1) is 0 Å². The molecule has 1 aromatic rings. The van der Waals surface area contributed by atoms with E-state index in [-0.39, 0.29) is 6.04 Å². The molecule has 0 aliphatic carbocycles. The smallest absolute Gasteiger partial charge is 0.407 e. The summed E-state index contributed by atoms with van der Waals surface area (Å²) in [6.45, 7) is 5.72. The van der Waals surface area contributed by atoms with Gasteiger partial charge in [-0.2, -0.15) is 5.10 Å². The molecular weight excluding hydrogens is 208 g/mol. The van der Waals surface area contributed by atoms with Crippen LogP contribution >= 0.6 is 0 Å². The molecule has 1 heterocycles. The second kappa shape index (κ2) is 4.98. The van der Waals surface area contributed by atoms with Gasteiger partial charge in [0.05, 0.1) is 11.7 Å². The monoisotopic (exact) mass is 226 g/mol. The first-order valence-electron chi connectivity index (χ1n) is 5.10. The molecule has 0 aliphatic heterocycles. The summed E-state index contributed by atoms with van der Waals surface area (Å²) in [5.74, 6) is 0. The van der Waals surface area contributed by atoms with Crippen molar-refractivity contribution in [3.63, 3.8) is 0 Å². The Hall–Kier alpha value is -1.56. The average molecular weight is 226 g/mol. The van der Waals surface area contributed by atoms with Crippen LogP contribution in [-0.2, 0) is 4.74 Å². The fourth-order valence-corrected chi connectivity index (χ4v) is 1.09. The predicted molar refractivity (Wildman–Crippen MR) is 59.8 cm³/mol. The van der Waals surface area contributed by atoms with Gasteiger partial charge < -0.3 is 15.8 Å². The number of carbonyl (C=O) groups excluding carboxylic acids is 1. The number of hydrogen-bond donors (Lipinski definition) is 3. The molecule has 1 rings (SSSR count). The molecule has 0 bridgehead atoms. The van der Waals surface area contributed by atoms with E-state index in [1.54, 1.807) is 33.0 Å². The summed E-state index contributed by atoms with van der Waals surface area (Å²) in [6.07, 6.45) is 1.14. The highest BCUT2D eigenvalue weighted by atomic mass is 16.6. The van der Waals surface area contributed by atoms with Gasteiger partial charge in [-0.3, -0.25) is 5.10 Å². The molecule has 0 spiro atoms. The second-order valence-corrected chi connectivity index (χ2v) is 4.50. The van der Waals surface area contributed by atoms with Crippen molar-refractivity contribution in [2.24, 2.45) is 5.73 Å². The van der Waals surface area contributed by atoms with Crippen LogP contribution in [0.2, 0.25) is 0 Å². The van der Waals surface area contributed by atoms with Crippen LogP contribution in [0.1, 0.15) is 32.5 Å². The number of carbonyl (C=O) groups is 1. The zero-order chi connectivity index (χ0) is 12.2. The summed E-state index contributed by atoms with van der Waals surface area (Å²) in [4.78, 5) is 11.3. The van der Waals surface area contributed by atoms with Crippen LogP contribution in [0.15, 0.2) is 12.3 Å². The summed E-state index contributed by atoms with van der Waals surface area (Å²) >= 11 is 0. The number of nitrogens with one attached hydrogen (secondary N) is 2. The molecule has 0 aliphatic rings. The van der Waals surface area contributed by atoms with E-state index in [1.807, 2.05) is 0 Å². The lowest BCUT2D eigenvalue weighted by molar-refractivity contribution is 0.0524. The van der Waals surface area contributed by atoms with Gasteiger partial charge in [0.1, 0.15) is 5.60 Å². The summed E-state index contributed by atoms with van der Waals surface area (Å²) in [5.41, 5.74) is 6.09. The number of amides is 1. The zero-order valence-corrected chi connectivity index (χ0v) is 9.78. The third kappa shape index (κ3) is 4.31. The summed E-state index contributed by atoms with van der Waals surface area (Å²) in [6, 6.07) is 1.46. The molecule has 1 amide bonds. The Morgan fingerprint density at radius 3 is 2.88 bits per heavy atom.